The molecule has 0 aromatic heterocycles. The third-order valence-corrected chi connectivity index (χ3v) is 6.52. The van der Waals surface area contributed by atoms with Crippen molar-refractivity contribution >= 4 is 21.9 Å². The average Bonchev–Trinajstić information content (AvgIpc) is 2.91. The molecule has 0 saturated carbocycles. The Morgan fingerprint density at radius 1 is 1.21 bits per heavy atom. The van der Waals surface area contributed by atoms with Crippen LogP contribution in [0.5, 0.6) is 11.5 Å². The van der Waals surface area contributed by atoms with E-state index in [4.69, 9.17) is 14.2 Å². The monoisotopic (exact) mass is 446 g/mol. The Kier molecular flexibility index (Phi) is 6.33. The molecule has 0 N–H and O–H groups in total. The number of alkyl halides is 1. The van der Waals surface area contributed by atoms with Gasteiger partial charge >= 0.3 is 5.97 Å². The maximum atomic E-state index is 11.8. The van der Waals surface area contributed by atoms with E-state index in [1.165, 1.54) is 0 Å². The molecule has 2 atom stereocenters. The van der Waals surface area contributed by atoms with Gasteiger partial charge in [-0.1, -0.05) is 53.2 Å². The van der Waals surface area contributed by atoms with Gasteiger partial charge in [-0.25, -0.2) is 0 Å². The molecule has 0 radical (unpaired) electrons. The third-order valence-electron chi connectivity index (χ3n) is 4.92. The van der Waals surface area contributed by atoms with Gasteiger partial charge in [-0.15, -0.1) is 0 Å². The molecule has 4 nitrogen and oxygen atoms in total. The van der Waals surface area contributed by atoms with E-state index < -0.39 is 0 Å². The number of halogens is 1. The van der Waals surface area contributed by atoms with Crippen molar-refractivity contribution in [3.8, 4) is 11.5 Å². The number of ether oxygens (including phenoxy) is 3. The molecule has 0 bridgehead atoms. The number of hydrogen-bond donors (Lipinski definition) is 0. The average molecular weight is 447 g/mol. The summed E-state index contributed by atoms with van der Waals surface area (Å²) in [5, 5.41) is 0. The van der Waals surface area contributed by atoms with E-state index in [9.17, 15) is 4.79 Å². The van der Waals surface area contributed by atoms with Gasteiger partial charge in [0.15, 0.2) is 0 Å². The molecule has 1 aliphatic heterocycles. The van der Waals surface area contributed by atoms with Crippen LogP contribution < -0.4 is 9.47 Å². The van der Waals surface area contributed by atoms with Crippen molar-refractivity contribution in [2.24, 2.45) is 5.92 Å². The van der Waals surface area contributed by atoms with Gasteiger partial charge in [0, 0.05) is 11.1 Å². The van der Waals surface area contributed by atoms with Crippen molar-refractivity contribution in [1.29, 1.82) is 0 Å². The minimum Gasteiger partial charge on any atom is -0.489 e. The predicted octanol–water partition coefficient (Wildman–Crippen LogP) is 5.61. The number of para-hydroxylation sites is 1. The van der Waals surface area contributed by atoms with E-state index >= 15 is 0 Å². The summed E-state index contributed by atoms with van der Waals surface area (Å²) in [6.45, 7) is 8.72. The highest BCUT2D eigenvalue weighted by molar-refractivity contribution is 9.09. The number of carbonyl (C=O) groups is 1. The van der Waals surface area contributed by atoms with E-state index in [0.717, 1.165) is 28.2 Å². The van der Waals surface area contributed by atoms with Crippen molar-refractivity contribution < 1.29 is 19.0 Å². The van der Waals surface area contributed by atoms with Gasteiger partial charge in [-0.05, 0) is 44.9 Å². The fourth-order valence-electron chi connectivity index (χ4n) is 3.34. The van der Waals surface area contributed by atoms with Gasteiger partial charge < -0.3 is 14.2 Å². The number of esters is 1. The molecule has 28 heavy (non-hydrogen) atoms. The molecule has 1 aliphatic rings. The molecule has 0 spiro atoms. The van der Waals surface area contributed by atoms with Crippen LogP contribution in [0.15, 0.2) is 42.5 Å². The molecule has 2 unspecified atom stereocenters. The first-order chi connectivity index (χ1) is 13.3. The number of rotatable bonds is 7. The molecule has 0 aliphatic carbocycles. The van der Waals surface area contributed by atoms with Crippen molar-refractivity contribution in [3.63, 3.8) is 0 Å². The summed E-state index contributed by atoms with van der Waals surface area (Å²) >= 11 is 3.74. The Labute approximate surface area is 175 Å². The number of carbonyl (C=O) groups excluding carboxylic acids is 1. The molecule has 0 amide bonds. The third kappa shape index (κ3) is 4.52. The van der Waals surface area contributed by atoms with Crippen LogP contribution in [0, 0.1) is 5.92 Å². The molecular formula is C23H27BrO4. The lowest BCUT2D eigenvalue weighted by atomic mass is 10.0. The van der Waals surface area contributed by atoms with Gasteiger partial charge in [0.05, 0.1) is 17.4 Å². The first kappa shape index (κ1) is 20.7. The van der Waals surface area contributed by atoms with Crippen LogP contribution in [-0.2, 0) is 22.6 Å². The van der Waals surface area contributed by atoms with Gasteiger partial charge in [0.1, 0.15) is 23.7 Å². The van der Waals surface area contributed by atoms with Crippen LogP contribution in [0.25, 0.3) is 0 Å². The van der Waals surface area contributed by atoms with Gasteiger partial charge in [0.2, 0.25) is 0 Å². The minimum absolute atomic E-state index is 0.156. The highest BCUT2D eigenvalue weighted by Crippen LogP contribution is 2.49. The van der Waals surface area contributed by atoms with E-state index in [2.05, 4.69) is 35.8 Å². The first-order valence-corrected chi connectivity index (χ1v) is 10.6. The Balaban J connectivity index is 1.62. The zero-order valence-corrected chi connectivity index (χ0v) is 18.4. The molecular weight excluding hydrogens is 420 g/mol. The lowest BCUT2D eigenvalue weighted by molar-refractivity contribution is -0.147. The smallest absolute Gasteiger partial charge is 0.308 e. The Bertz CT molecular complexity index is 829. The standard InChI is InChI=1S/C23H27BrO4/c1-5-26-22(25)15(2)13-16-9-11-18(12-10-16)27-14-17-7-6-8-19-20(17)28-23(3,4)21(19)24/h6-12,15,21H,5,13-14H2,1-4H3. The Hall–Kier alpha value is -2.01. The van der Waals surface area contributed by atoms with Crippen molar-refractivity contribution in [3.05, 3.63) is 59.2 Å². The highest BCUT2D eigenvalue weighted by Gasteiger charge is 2.40. The largest absolute Gasteiger partial charge is 0.489 e. The van der Waals surface area contributed by atoms with Gasteiger partial charge in [0.25, 0.3) is 0 Å². The molecule has 5 heteroatoms. The van der Waals surface area contributed by atoms with Gasteiger partial charge in [-0.2, -0.15) is 0 Å². The van der Waals surface area contributed by atoms with Gasteiger partial charge in [-0.3, -0.25) is 4.79 Å². The fraction of sp³-hybridized carbons (Fsp3) is 0.435. The number of hydrogen-bond acceptors (Lipinski definition) is 4. The topological polar surface area (TPSA) is 44.8 Å². The van der Waals surface area contributed by atoms with E-state index in [1.807, 2.05) is 50.2 Å². The Morgan fingerprint density at radius 3 is 2.61 bits per heavy atom. The molecule has 150 valence electrons. The summed E-state index contributed by atoms with van der Waals surface area (Å²) in [7, 11) is 0. The van der Waals surface area contributed by atoms with Crippen LogP contribution in [0.2, 0.25) is 0 Å². The second-order valence-electron chi connectivity index (χ2n) is 7.69. The molecule has 0 saturated heterocycles. The van der Waals surface area contributed by atoms with Crippen LogP contribution in [-0.4, -0.2) is 18.2 Å². The van der Waals surface area contributed by atoms with Crippen LogP contribution >= 0.6 is 15.9 Å². The van der Waals surface area contributed by atoms with E-state index in [0.29, 0.717) is 19.6 Å². The van der Waals surface area contributed by atoms with Crippen LogP contribution in [0.1, 0.15) is 49.2 Å². The van der Waals surface area contributed by atoms with Crippen molar-refractivity contribution in [2.75, 3.05) is 6.61 Å². The molecule has 0 fully saturated rings. The second kappa shape index (κ2) is 8.56. The predicted molar refractivity (Wildman–Crippen MR) is 113 cm³/mol. The zero-order chi connectivity index (χ0) is 20.3. The summed E-state index contributed by atoms with van der Waals surface area (Å²) in [6.07, 6.45) is 0.654. The summed E-state index contributed by atoms with van der Waals surface area (Å²) < 4.78 is 17.2. The zero-order valence-electron chi connectivity index (χ0n) is 16.8. The van der Waals surface area contributed by atoms with E-state index in [-0.39, 0.29) is 22.3 Å². The first-order valence-electron chi connectivity index (χ1n) is 9.65. The second-order valence-corrected chi connectivity index (χ2v) is 8.61. The summed E-state index contributed by atoms with van der Waals surface area (Å²) in [5.41, 5.74) is 3.00. The summed E-state index contributed by atoms with van der Waals surface area (Å²) in [4.78, 5) is 11.9. The number of fused-ring (bicyclic) bond motifs is 1. The fourth-order valence-corrected chi connectivity index (χ4v) is 3.79. The lowest BCUT2D eigenvalue weighted by Crippen LogP contribution is -2.27. The molecule has 2 aromatic carbocycles. The SMILES string of the molecule is CCOC(=O)C(C)Cc1ccc(OCc2cccc3c2OC(C)(C)C3Br)cc1. The minimum atomic E-state index is -0.282. The normalized spacial score (nSPS) is 18.1. The highest BCUT2D eigenvalue weighted by atomic mass is 79.9. The van der Waals surface area contributed by atoms with Crippen molar-refractivity contribution in [2.45, 2.75) is 51.2 Å². The molecule has 2 aromatic rings. The number of benzene rings is 2. The summed E-state index contributed by atoms with van der Waals surface area (Å²) in [6, 6.07) is 14.0. The Morgan fingerprint density at radius 2 is 1.93 bits per heavy atom. The molecule has 3 rings (SSSR count). The molecule has 1 heterocycles. The maximum absolute atomic E-state index is 11.8. The van der Waals surface area contributed by atoms with E-state index in [1.54, 1.807) is 0 Å². The van der Waals surface area contributed by atoms with Crippen LogP contribution in [0.3, 0.4) is 0 Å². The quantitative estimate of drug-likeness (QED) is 0.409. The summed E-state index contributed by atoms with van der Waals surface area (Å²) in [5.74, 6) is 1.39. The maximum Gasteiger partial charge on any atom is 0.308 e. The van der Waals surface area contributed by atoms with Crippen molar-refractivity contribution in [1.82, 2.24) is 0 Å². The van der Waals surface area contributed by atoms with Crippen LogP contribution in [0.4, 0.5) is 0 Å². The lowest BCUT2D eigenvalue weighted by Gasteiger charge is -2.22.